The minimum atomic E-state index is -0.773. The fourth-order valence-electron chi connectivity index (χ4n) is 9.71. The van der Waals surface area contributed by atoms with Crippen LogP contribution < -0.4 is 25.0 Å². The van der Waals surface area contributed by atoms with E-state index in [0.29, 0.717) is 113 Å². The lowest BCUT2D eigenvalue weighted by Gasteiger charge is -2.22. The Morgan fingerprint density at radius 3 is 1.47 bits per heavy atom. The highest BCUT2D eigenvalue weighted by Gasteiger charge is 2.48. The summed E-state index contributed by atoms with van der Waals surface area (Å²) in [6, 6.07) is 19.9. The van der Waals surface area contributed by atoms with E-state index in [9.17, 15) is 39.3 Å². The average Bonchev–Trinajstić information content (AvgIpc) is 4.09. The number of para-hydroxylation sites is 1. The second-order valence-electron chi connectivity index (χ2n) is 18.6. The number of benzene rings is 3. The highest BCUT2D eigenvalue weighted by molar-refractivity contribution is 6.23. The van der Waals surface area contributed by atoms with Crippen LogP contribution in [0, 0.1) is 34.5 Å². The Balaban J connectivity index is 1.08. The van der Waals surface area contributed by atoms with E-state index in [1.165, 1.54) is 19.1 Å². The number of unbranched alkanes of at least 4 members (excludes halogenated alkanes) is 2. The second kappa shape index (κ2) is 27.5. The van der Waals surface area contributed by atoms with Crippen molar-refractivity contribution in [3.63, 3.8) is 0 Å². The van der Waals surface area contributed by atoms with E-state index >= 15 is 0 Å². The number of fused-ring (bicyclic) bond motifs is 3. The molecule has 1 aliphatic heterocycles. The largest absolute Gasteiger partial charge is 0.493 e. The smallest absolute Gasteiger partial charge is 0.342 e. The molecule has 77 heavy (non-hydrogen) atoms. The van der Waals surface area contributed by atoms with E-state index in [2.05, 4.69) is 22.8 Å². The Morgan fingerprint density at radius 2 is 1.06 bits per heavy atom. The van der Waals surface area contributed by atoms with Crippen molar-refractivity contribution in [2.24, 2.45) is 11.8 Å². The van der Waals surface area contributed by atoms with Gasteiger partial charge in [0.2, 0.25) is 23.6 Å². The lowest BCUT2D eigenvalue weighted by Crippen LogP contribution is -2.30. The monoisotopic (exact) mass is 1050 g/mol. The van der Waals surface area contributed by atoms with Crippen LogP contribution in [0.4, 0.5) is 5.69 Å². The van der Waals surface area contributed by atoms with Crippen molar-refractivity contribution < 1.29 is 66.8 Å². The Labute approximate surface area is 445 Å². The number of carbonyl (C=O) groups excluding carboxylic acids is 6. The molecular weight excluding hydrogens is 991 g/mol. The topological polar surface area (TPSA) is 281 Å². The number of anilines is 1. The molecule has 0 saturated carbocycles. The first-order valence-electron chi connectivity index (χ1n) is 25.9. The zero-order chi connectivity index (χ0) is 54.8. The van der Waals surface area contributed by atoms with Gasteiger partial charge in [0.25, 0.3) is 0 Å². The highest BCUT2D eigenvalue weighted by atomic mass is 16.5. The summed E-state index contributed by atoms with van der Waals surface area (Å²) in [6.45, 7) is -0.208. The predicted octanol–water partition coefficient (Wildman–Crippen LogP) is 7.22. The number of hydrogen-bond donors (Lipinski definition) is 4. The SMILES string of the molecule is COc1cc(CCC(=O)NCCO)cc2c(C(=O)OCCCC3=CC4C(=O)N(c5ccccc5)C(=O)C4C=C3CCCOC(=O)c3c(CCCC#N)oc4c(OC)cc(CCC(=O)NCCO)cc34)c(CCCC#N)oc12. The van der Waals surface area contributed by atoms with Crippen LogP contribution in [0.15, 0.2) is 86.7 Å². The van der Waals surface area contributed by atoms with Gasteiger partial charge in [0.05, 0.1) is 70.3 Å². The molecule has 3 heterocycles. The number of hydrogen-bond acceptors (Lipinski definition) is 16. The third-order valence-electron chi connectivity index (χ3n) is 13.4. The van der Waals surface area contributed by atoms with Crippen LogP contribution in [0.1, 0.15) is 108 Å². The predicted molar refractivity (Wildman–Crippen MR) is 281 cm³/mol. The van der Waals surface area contributed by atoms with Crippen LogP contribution in [-0.2, 0) is 54.3 Å². The number of aliphatic hydroxyl groups is 2. The second-order valence-corrected chi connectivity index (χ2v) is 18.6. The first-order valence-corrected chi connectivity index (χ1v) is 25.9. The lowest BCUT2D eigenvalue weighted by molar-refractivity contribution is -0.123. The Morgan fingerprint density at radius 1 is 0.623 bits per heavy atom. The minimum absolute atomic E-state index is 0.0386. The number of aliphatic hydroxyl groups excluding tert-OH is 2. The zero-order valence-electron chi connectivity index (χ0n) is 43.3. The normalized spacial score (nSPS) is 14.9. The molecule has 4 N–H and O–H groups in total. The third kappa shape index (κ3) is 13.8. The molecule has 4 amide bonds. The Bertz CT molecular complexity index is 2930. The molecule has 1 aliphatic carbocycles. The third-order valence-corrected chi connectivity index (χ3v) is 13.4. The van der Waals surface area contributed by atoms with Gasteiger partial charge >= 0.3 is 11.9 Å². The summed E-state index contributed by atoms with van der Waals surface area (Å²) in [5.74, 6) is -2.73. The first-order chi connectivity index (χ1) is 37.4. The number of allylic oxidation sites excluding steroid dienone is 2. The van der Waals surface area contributed by atoms with E-state index in [0.717, 1.165) is 11.1 Å². The van der Waals surface area contributed by atoms with Crippen molar-refractivity contribution in [3.8, 4) is 23.6 Å². The Kier molecular flexibility index (Phi) is 20.2. The number of methoxy groups -OCH3 is 2. The van der Waals surface area contributed by atoms with Gasteiger partial charge in [0.1, 0.15) is 22.6 Å². The molecule has 2 atom stereocenters. The Hall–Kier alpha value is -8.26. The van der Waals surface area contributed by atoms with Gasteiger partial charge in [-0.1, -0.05) is 30.4 Å². The van der Waals surface area contributed by atoms with Gasteiger partial charge in [0.15, 0.2) is 22.7 Å². The molecule has 7 rings (SSSR count). The number of nitriles is 2. The summed E-state index contributed by atoms with van der Waals surface area (Å²) in [7, 11) is 2.94. The van der Waals surface area contributed by atoms with Gasteiger partial charge in [-0.2, -0.15) is 10.5 Å². The summed E-state index contributed by atoms with van der Waals surface area (Å²) in [5, 5.41) is 42.9. The number of nitrogens with zero attached hydrogens (tertiary/aromatic N) is 3. The summed E-state index contributed by atoms with van der Waals surface area (Å²) < 4.78 is 35.6. The van der Waals surface area contributed by atoms with Crippen LogP contribution in [0.3, 0.4) is 0 Å². The van der Waals surface area contributed by atoms with E-state index in [1.54, 1.807) is 54.6 Å². The number of nitrogens with one attached hydrogen (secondary N) is 2. The molecule has 19 nitrogen and oxygen atoms in total. The first kappa shape index (κ1) is 56.5. The lowest BCUT2D eigenvalue weighted by atomic mass is 9.81. The average molecular weight is 1050 g/mol. The molecule has 0 bridgehead atoms. The van der Waals surface area contributed by atoms with Crippen molar-refractivity contribution in [1.82, 2.24) is 10.6 Å². The van der Waals surface area contributed by atoms with Crippen molar-refractivity contribution in [3.05, 3.63) is 112 Å². The maximum absolute atomic E-state index is 14.1. The molecular formula is C58H63N5O14. The molecule has 2 unspecified atom stereocenters. The summed E-state index contributed by atoms with van der Waals surface area (Å²) >= 11 is 0. The van der Waals surface area contributed by atoms with E-state index in [-0.39, 0.29) is 113 Å². The van der Waals surface area contributed by atoms with Crippen molar-refractivity contribution in [2.75, 3.05) is 58.6 Å². The van der Waals surface area contributed by atoms with Gasteiger partial charge in [-0.15, -0.1) is 0 Å². The van der Waals surface area contributed by atoms with Crippen LogP contribution in [-0.4, -0.2) is 99.5 Å². The minimum Gasteiger partial charge on any atom is -0.493 e. The van der Waals surface area contributed by atoms with Gasteiger partial charge in [-0.25, -0.2) is 14.5 Å². The van der Waals surface area contributed by atoms with E-state index < -0.39 is 23.8 Å². The van der Waals surface area contributed by atoms with Crippen LogP contribution in [0.5, 0.6) is 11.5 Å². The van der Waals surface area contributed by atoms with Crippen molar-refractivity contribution in [2.45, 2.75) is 89.9 Å². The number of esters is 2. The van der Waals surface area contributed by atoms with Gasteiger partial charge in [-0.3, -0.25) is 19.2 Å². The molecule has 404 valence electrons. The molecule has 5 aromatic rings. The van der Waals surface area contributed by atoms with Crippen molar-refractivity contribution >= 4 is 63.2 Å². The molecule has 19 heteroatoms. The van der Waals surface area contributed by atoms with Crippen LogP contribution in [0.25, 0.3) is 21.9 Å². The fourth-order valence-corrected chi connectivity index (χ4v) is 9.71. The molecule has 2 aromatic heterocycles. The number of amides is 4. The van der Waals surface area contributed by atoms with Gasteiger partial charge in [-0.05, 0) is 110 Å². The van der Waals surface area contributed by atoms with Gasteiger partial charge in [0, 0.05) is 62.4 Å². The number of imide groups is 1. The highest BCUT2D eigenvalue weighted by Crippen LogP contribution is 2.42. The molecule has 1 saturated heterocycles. The van der Waals surface area contributed by atoms with Crippen molar-refractivity contribution in [1.29, 1.82) is 10.5 Å². The maximum Gasteiger partial charge on any atom is 0.342 e. The summed E-state index contributed by atoms with van der Waals surface area (Å²) in [5.41, 5.74) is 4.42. The van der Waals surface area contributed by atoms with Crippen LogP contribution >= 0.6 is 0 Å². The van der Waals surface area contributed by atoms with E-state index in [4.69, 9.17) is 38.0 Å². The number of aryl methyl sites for hydroxylation is 4. The fraction of sp³-hybridized carbons (Fsp3) is 0.414. The quantitative estimate of drug-likeness (QED) is 0.0209. The zero-order valence-corrected chi connectivity index (χ0v) is 43.3. The summed E-state index contributed by atoms with van der Waals surface area (Å²) in [4.78, 5) is 82.2. The molecule has 0 spiro atoms. The maximum atomic E-state index is 14.1. The molecule has 1 fully saturated rings. The molecule has 0 radical (unpaired) electrons. The van der Waals surface area contributed by atoms with Crippen LogP contribution in [0.2, 0.25) is 0 Å². The molecule has 2 aliphatic rings. The summed E-state index contributed by atoms with van der Waals surface area (Å²) in [6.07, 6.45) is 7.67. The molecule has 3 aromatic carbocycles. The van der Waals surface area contributed by atoms with Gasteiger partial charge < -0.3 is 48.6 Å². The van der Waals surface area contributed by atoms with E-state index in [1.807, 2.05) is 12.2 Å². The number of carbonyl (C=O) groups is 6. The standard InChI is InChI=1S/C58H63N5O14/c1-72-47-32-36(18-20-49(66)61-24-26-64)30-43-51(45(76-53(43)47)16-6-8-22-59)57(70)74-28-10-12-38-34-41-42(56(69)63(55(41)68)40-14-4-3-5-15-40)35-39(38)13-11-29-75-58(71)52-44-31-37(19-21-50(67)62-25-27-65)33-48(73-2)54(44)77-46(52)17-7-9-23-60/h3-5,14-15,30-35,41-42,64-65H,6-13,16-21,24-29H2,1-2H3,(H,61,66)(H,62,67). The number of rotatable bonds is 29. The number of ether oxygens (including phenoxy) is 4. The number of furan rings is 2.